The summed E-state index contributed by atoms with van der Waals surface area (Å²) in [4.78, 5) is 4.23. The van der Waals surface area contributed by atoms with Crippen molar-refractivity contribution in [1.29, 1.82) is 5.26 Å². The van der Waals surface area contributed by atoms with Gasteiger partial charge in [-0.1, -0.05) is 29.8 Å². The van der Waals surface area contributed by atoms with E-state index in [1.807, 2.05) is 23.0 Å². The number of sulfonamides is 1. The second kappa shape index (κ2) is 8.23. The van der Waals surface area contributed by atoms with E-state index in [4.69, 9.17) is 11.6 Å². The number of hydrogen-bond donors (Lipinski definition) is 1. The number of allylic oxidation sites excluding steroid dienone is 4. The molecule has 0 unspecified atom stereocenters. The topological polar surface area (TPSA) is 87.8 Å². The van der Waals surface area contributed by atoms with Gasteiger partial charge in [-0.25, -0.2) is 26.9 Å². The first kappa shape index (κ1) is 21.2. The molecule has 0 saturated heterocycles. The quantitative estimate of drug-likeness (QED) is 0.571. The summed E-state index contributed by atoms with van der Waals surface area (Å²) in [5.74, 6) is 0. The number of pyridine rings is 1. The number of aromatic nitrogens is 2. The number of fused-ring (bicyclic) bond motifs is 1. The van der Waals surface area contributed by atoms with Crippen molar-refractivity contribution >= 4 is 38.4 Å². The third kappa shape index (κ3) is 3.74. The van der Waals surface area contributed by atoms with Crippen LogP contribution in [0.2, 0.25) is 5.02 Å². The van der Waals surface area contributed by atoms with Crippen molar-refractivity contribution in [2.24, 2.45) is 0 Å². The average Bonchev–Trinajstić information content (AvgIpc) is 3.04. The molecule has 6 nitrogen and oxygen atoms in total. The Morgan fingerprint density at radius 3 is 2.45 bits per heavy atom. The molecule has 0 aliphatic heterocycles. The molecule has 0 radical (unpaired) electrons. The number of nitriles is 1. The summed E-state index contributed by atoms with van der Waals surface area (Å²) in [6.45, 7) is -2.31. The number of nitrogens with zero attached hydrogens (tertiary/aromatic N) is 3. The first-order valence-corrected chi connectivity index (χ1v) is 11.0. The largest absolute Gasteiger partial charge is 0.293 e. The first-order valence-electron chi connectivity index (χ1n) is 9.13. The Morgan fingerprint density at radius 1 is 1.23 bits per heavy atom. The van der Waals surface area contributed by atoms with Gasteiger partial charge in [0.05, 0.1) is 27.2 Å². The second-order valence-corrected chi connectivity index (χ2v) is 8.95. The number of halogens is 3. The molecule has 1 aromatic carbocycles. The lowest BCUT2D eigenvalue weighted by molar-refractivity contribution is 0.334. The van der Waals surface area contributed by atoms with Gasteiger partial charge in [0, 0.05) is 22.8 Å². The normalized spacial score (nSPS) is 13.3. The van der Waals surface area contributed by atoms with E-state index in [-0.39, 0.29) is 4.90 Å². The van der Waals surface area contributed by atoms with Gasteiger partial charge in [0.15, 0.2) is 0 Å². The van der Waals surface area contributed by atoms with Gasteiger partial charge in [-0.15, -0.1) is 0 Å². The van der Waals surface area contributed by atoms with Crippen LogP contribution in [0.15, 0.2) is 59.7 Å². The number of alkyl halides is 2. The average molecular weight is 461 g/mol. The smallest absolute Gasteiger partial charge is 0.240 e. The lowest BCUT2D eigenvalue weighted by Crippen LogP contribution is -2.37. The summed E-state index contributed by atoms with van der Waals surface area (Å²) in [5.41, 5.74) is 2.79. The molecule has 3 aromatic rings. The van der Waals surface area contributed by atoms with Gasteiger partial charge in [-0.2, -0.15) is 5.26 Å². The van der Waals surface area contributed by atoms with E-state index in [0.29, 0.717) is 32.9 Å². The van der Waals surface area contributed by atoms with Crippen LogP contribution in [0, 0.1) is 11.3 Å². The van der Waals surface area contributed by atoms with E-state index in [1.165, 1.54) is 30.5 Å². The molecule has 0 spiro atoms. The Balaban J connectivity index is 1.84. The minimum Gasteiger partial charge on any atom is -0.293 e. The van der Waals surface area contributed by atoms with E-state index in [0.717, 1.165) is 5.70 Å². The molecule has 0 amide bonds. The second-order valence-electron chi connectivity index (χ2n) is 6.80. The SMILES string of the molecule is N#Cc1c(-c2ccc(S(=O)(=O)NC(CF)CF)cc2)n(C2=CC=C2)c2ncc(Cl)cc12. The highest BCUT2D eigenvalue weighted by Gasteiger charge is 2.24. The maximum absolute atomic E-state index is 12.7. The minimum absolute atomic E-state index is 0.145. The number of nitrogens with one attached hydrogen (secondary N) is 1. The molecule has 2 heterocycles. The Labute approximate surface area is 182 Å². The van der Waals surface area contributed by atoms with Crippen molar-refractivity contribution in [2.45, 2.75) is 10.9 Å². The summed E-state index contributed by atoms with van der Waals surface area (Å²) in [7, 11) is -4.10. The molecule has 0 bridgehead atoms. The predicted molar refractivity (Wildman–Crippen MR) is 114 cm³/mol. The van der Waals surface area contributed by atoms with Crippen LogP contribution in [0.25, 0.3) is 28.0 Å². The summed E-state index contributed by atoms with van der Waals surface area (Å²) >= 11 is 6.08. The van der Waals surface area contributed by atoms with Crippen molar-refractivity contribution < 1.29 is 17.2 Å². The van der Waals surface area contributed by atoms with Crippen molar-refractivity contribution in [3.8, 4) is 17.3 Å². The maximum Gasteiger partial charge on any atom is 0.240 e. The fourth-order valence-corrected chi connectivity index (χ4v) is 4.65. The molecule has 0 fully saturated rings. The highest BCUT2D eigenvalue weighted by molar-refractivity contribution is 7.89. The van der Waals surface area contributed by atoms with Crippen molar-refractivity contribution in [2.75, 3.05) is 13.3 Å². The molecule has 2 aromatic heterocycles. The van der Waals surface area contributed by atoms with Crippen LogP contribution in [0.1, 0.15) is 5.56 Å². The summed E-state index contributed by atoms with van der Waals surface area (Å²) in [6, 6.07) is 8.11. The molecule has 10 heteroatoms. The Morgan fingerprint density at radius 2 is 1.90 bits per heavy atom. The van der Waals surface area contributed by atoms with Gasteiger partial charge in [-0.3, -0.25) is 4.57 Å². The van der Waals surface area contributed by atoms with Crippen LogP contribution < -0.4 is 4.72 Å². The van der Waals surface area contributed by atoms with E-state index < -0.39 is 29.4 Å². The summed E-state index contributed by atoms with van der Waals surface area (Å²) in [5, 5.41) is 10.8. The van der Waals surface area contributed by atoms with Crippen LogP contribution in [-0.4, -0.2) is 37.4 Å². The molecule has 31 heavy (non-hydrogen) atoms. The highest BCUT2D eigenvalue weighted by atomic mass is 35.5. The zero-order valence-electron chi connectivity index (χ0n) is 15.9. The molecule has 1 N–H and O–H groups in total. The molecular weight excluding hydrogens is 446 g/mol. The lowest BCUT2D eigenvalue weighted by Gasteiger charge is -2.16. The molecule has 1 aliphatic rings. The van der Waals surface area contributed by atoms with Crippen molar-refractivity contribution in [3.63, 3.8) is 0 Å². The predicted octanol–water partition coefficient (Wildman–Crippen LogP) is 4.22. The molecule has 158 valence electrons. The van der Waals surface area contributed by atoms with Crippen LogP contribution in [0.5, 0.6) is 0 Å². The van der Waals surface area contributed by atoms with E-state index in [1.54, 1.807) is 10.6 Å². The number of benzene rings is 1. The van der Waals surface area contributed by atoms with Crippen molar-refractivity contribution in [1.82, 2.24) is 14.3 Å². The van der Waals surface area contributed by atoms with Crippen molar-refractivity contribution in [3.05, 3.63) is 65.3 Å². The van der Waals surface area contributed by atoms with Crippen LogP contribution in [0.3, 0.4) is 0 Å². The Hall–Kier alpha value is -3.06. The fourth-order valence-electron chi connectivity index (χ4n) is 3.29. The third-order valence-corrected chi connectivity index (χ3v) is 6.55. The first-order chi connectivity index (χ1) is 14.9. The monoisotopic (exact) mass is 460 g/mol. The standard InChI is InChI=1S/C21H15ClF2N4O2S/c22-14-8-18-19(11-25)20(28(16-2-1-3-16)21(18)26-12-14)13-4-6-17(7-5-13)31(29,30)27-15(9-23)10-24/h1-8,12,15,27H,9-10H2. The molecule has 4 rings (SSSR count). The van der Waals surface area contributed by atoms with Gasteiger partial charge in [-0.05, 0) is 30.4 Å². The zero-order valence-corrected chi connectivity index (χ0v) is 17.5. The number of rotatable bonds is 7. The van der Waals surface area contributed by atoms with E-state index in [2.05, 4.69) is 11.1 Å². The third-order valence-electron chi connectivity index (χ3n) is 4.81. The van der Waals surface area contributed by atoms with Gasteiger partial charge >= 0.3 is 0 Å². The van der Waals surface area contributed by atoms with Gasteiger partial charge in [0.1, 0.15) is 25.1 Å². The minimum atomic E-state index is -4.10. The summed E-state index contributed by atoms with van der Waals surface area (Å²) in [6.07, 6.45) is 7.05. The van der Waals surface area contributed by atoms with Gasteiger partial charge < -0.3 is 0 Å². The molecule has 0 saturated carbocycles. The summed E-state index contributed by atoms with van der Waals surface area (Å²) < 4.78 is 54.0. The molecular formula is C21H15ClF2N4O2S. The van der Waals surface area contributed by atoms with Crippen LogP contribution >= 0.6 is 11.6 Å². The fraction of sp³-hybridized carbons (Fsp3) is 0.143. The van der Waals surface area contributed by atoms with Gasteiger partial charge in [0.2, 0.25) is 10.0 Å². The van der Waals surface area contributed by atoms with E-state index in [9.17, 15) is 22.5 Å². The van der Waals surface area contributed by atoms with Crippen LogP contribution in [-0.2, 0) is 10.0 Å². The zero-order chi connectivity index (χ0) is 22.2. The Kier molecular flexibility index (Phi) is 5.62. The van der Waals surface area contributed by atoms with E-state index >= 15 is 0 Å². The number of hydrogen-bond acceptors (Lipinski definition) is 4. The lowest BCUT2D eigenvalue weighted by atomic mass is 10.1. The Bertz CT molecular complexity index is 1370. The maximum atomic E-state index is 12.7. The van der Waals surface area contributed by atoms with Gasteiger partial charge in [0.25, 0.3) is 0 Å². The van der Waals surface area contributed by atoms with Crippen LogP contribution in [0.4, 0.5) is 8.78 Å². The molecule has 1 aliphatic carbocycles. The highest BCUT2D eigenvalue weighted by Crippen LogP contribution is 2.37. The molecule has 0 atom stereocenters.